The van der Waals surface area contributed by atoms with Crippen LogP contribution in [0.25, 0.3) is 0 Å². The minimum Gasteiger partial charge on any atom is -0.371 e. The SMILES string of the molecule is CN1CCN(C(=O)c2ccc(CNC(=O)c3cc([N+](=O)[O-])ccc3N3CCCCC3)cc2)CC1. The van der Waals surface area contributed by atoms with E-state index in [1.807, 2.05) is 24.1 Å². The quantitative estimate of drug-likeness (QED) is 0.520. The van der Waals surface area contributed by atoms with Crippen molar-refractivity contribution >= 4 is 23.2 Å². The second-order valence-corrected chi connectivity index (χ2v) is 8.98. The van der Waals surface area contributed by atoms with Gasteiger partial charge in [-0.05, 0) is 50.1 Å². The summed E-state index contributed by atoms with van der Waals surface area (Å²) in [5.41, 5.74) is 2.44. The first-order valence-electron chi connectivity index (χ1n) is 11.8. The molecule has 0 aromatic heterocycles. The number of benzene rings is 2. The first kappa shape index (κ1) is 23.7. The lowest BCUT2D eigenvalue weighted by Crippen LogP contribution is -2.47. The Morgan fingerprint density at radius 2 is 1.62 bits per heavy atom. The lowest BCUT2D eigenvalue weighted by atomic mass is 10.1. The van der Waals surface area contributed by atoms with Gasteiger partial charge >= 0.3 is 0 Å². The van der Waals surface area contributed by atoms with Gasteiger partial charge in [0.2, 0.25) is 0 Å². The van der Waals surface area contributed by atoms with Crippen LogP contribution in [0.2, 0.25) is 0 Å². The van der Waals surface area contributed by atoms with Crippen LogP contribution in [0.4, 0.5) is 11.4 Å². The van der Waals surface area contributed by atoms with E-state index in [0.717, 1.165) is 69.8 Å². The average Bonchev–Trinajstić information content (AvgIpc) is 2.87. The fourth-order valence-electron chi connectivity index (χ4n) is 4.46. The number of nitrogens with one attached hydrogen (secondary N) is 1. The summed E-state index contributed by atoms with van der Waals surface area (Å²) in [6.45, 7) is 5.11. The Labute approximate surface area is 199 Å². The molecule has 0 aliphatic carbocycles. The van der Waals surface area contributed by atoms with E-state index in [1.54, 1.807) is 18.2 Å². The van der Waals surface area contributed by atoms with Crippen molar-refractivity contribution in [1.82, 2.24) is 15.1 Å². The first-order chi connectivity index (χ1) is 16.4. The van der Waals surface area contributed by atoms with Crippen molar-refractivity contribution in [2.75, 3.05) is 51.2 Å². The number of piperidine rings is 1. The standard InChI is InChI=1S/C25H31N5O4/c1-27-13-15-29(16-14-27)25(32)20-7-5-19(6-8-20)18-26-24(31)22-17-21(30(33)34)9-10-23(22)28-11-3-2-4-12-28/h5-10,17H,2-4,11-16,18H2,1H3,(H,26,31). The zero-order chi connectivity index (χ0) is 24.1. The van der Waals surface area contributed by atoms with E-state index in [1.165, 1.54) is 12.1 Å². The Hall–Kier alpha value is -3.46. The summed E-state index contributed by atoms with van der Waals surface area (Å²) in [6, 6.07) is 11.7. The van der Waals surface area contributed by atoms with E-state index in [-0.39, 0.29) is 24.0 Å². The van der Waals surface area contributed by atoms with Crippen LogP contribution in [0.3, 0.4) is 0 Å². The van der Waals surface area contributed by atoms with E-state index < -0.39 is 4.92 Å². The number of hydrogen-bond acceptors (Lipinski definition) is 6. The van der Waals surface area contributed by atoms with Crippen LogP contribution in [0, 0.1) is 10.1 Å². The van der Waals surface area contributed by atoms with E-state index in [4.69, 9.17) is 0 Å². The monoisotopic (exact) mass is 465 g/mol. The smallest absolute Gasteiger partial charge is 0.270 e. The number of carbonyl (C=O) groups is 2. The number of nitrogens with zero attached hydrogens (tertiary/aromatic N) is 4. The number of likely N-dealkylation sites (N-methyl/N-ethyl adjacent to an activating group) is 1. The highest BCUT2D eigenvalue weighted by Crippen LogP contribution is 2.28. The van der Waals surface area contributed by atoms with Gasteiger partial charge in [-0.2, -0.15) is 0 Å². The summed E-state index contributed by atoms with van der Waals surface area (Å²) in [4.78, 5) is 42.8. The zero-order valence-electron chi connectivity index (χ0n) is 19.5. The maximum absolute atomic E-state index is 13.0. The molecule has 1 N–H and O–H groups in total. The molecular formula is C25H31N5O4. The topological polar surface area (TPSA) is 99.0 Å². The number of anilines is 1. The van der Waals surface area contributed by atoms with Gasteiger partial charge in [-0.1, -0.05) is 12.1 Å². The third kappa shape index (κ3) is 5.53. The molecule has 0 radical (unpaired) electrons. The van der Waals surface area contributed by atoms with Crippen molar-refractivity contribution in [3.05, 3.63) is 69.3 Å². The molecule has 9 nitrogen and oxygen atoms in total. The highest BCUT2D eigenvalue weighted by molar-refractivity contribution is 6.00. The molecule has 0 saturated carbocycles. The van der Waals surface area contributed by atoms with Crippen LogP contribution in [0.5, 0.6) is 0 Å². The maximum Gasteiger partial charge on any atom is 0.270 e. The molecule has 2 aromatic carbocycles. The van der Waals surface area contributed by atoms with Gasteiger partial charge in [-0.25, -0.2) is 0 Å². The molecule has 34 heavy (non-hydrogen) atoms. The summed E-state index contributed by atoms with van der Waals surface area (Å²) in [6.07, 6.45) is 3.23. The Morgan fingerprint density at radius 1 is 0.941 bits per heavy atom. The Bertz CT molecular complexity index is 1040. The number of carbonyl (C=O) groups excluding carboxylic acids is 2. The Balaban J connectivity index is 1.42. The Kier molecular flexibility index (Phi) is 7.42. The second kappa shape index (κ2) is 10.6. The van der Waals surface area contributed by atoms with Crippen LogP contribution in [0.1, 0.15) is 45.5 Å². The molecule has 2 aliphatic rings. The molecule has 0 bridgehead atoms. The lowest BCUT2D eigenvalue weighted by molar-refractivity contribution is -0.384. The summed E-state index contributed by atoms with van der Waals surface area (Å²) in [5, 5.41) is 14.2. The predicted octanol–water partition coefficient (Wildman–Crippen LogP) is 2.90. The zero-order valence-corrected chi connectivity index (χ0v) is 19.5. The van der Waals surface area contributed by atoms with Crippen molar-refractivity contribution in [1.29, 1.82) is 0 Å². The van der Waals surface area contributed by atoms with Gasteiger partial charge in [0.15, 0.2) is 0 Å². The van der Waals surface area contributed by atoms with E-state index in [0.29, 0.717) is 11.1 Å². The van der Waals surface area contributed by atoms with E-state index in [2.05, 4.69) is 15.1 Å². The van der Waals surface area contributed by atoms with Gasteiger partial charge in [-0.3, -0.25) is 19.7 Å². The molecule has 2 heterocycles. The highest BCUT2D eigenvalue weighted by atomic mass is 16.6. The van der Waals surface area contributed by atoms with Crippen molar-refractivity contribution in [3.63, 3.8) is 0 Å². The molecular weight excluding hydrogens is 434 g/mol. The molecule has 2 amide bonds. The summed E-state index contributed by atoms with van der Waals surface area (Å²) in [5.74, 6) is -0.326. The number of nitro benzene ring substituents is 1. The van der Waals surface area contributed by atoms with Crippen molar-refractivity contribution in [3.8, 4) is 0 Å². The minimum atomic E-state index is -0.479. The van der Waals surface area contributed by atoms with Crippen LogP contribution in [0.15, 0.2) is 42.5 Å². The van der Waals surface area contributed by atoms with Crippen LogP contribution >= 0.6 is 0 Å². The van der Waals surface area contributed by atoms with E-state index in [9.17, 15) is 19.7 Å². The van der Waals surface area contributed by atoms with Crippen molar-refractivity contribution < 1.29 is 14.5 Å². The maximum atomic E-state index is 13.0. The summed E-state index contributed by atoms with van der Waals surface area (Å²) in [7, 11) is 2.05. The largest absolute Gasteiger partial charge is 0.371 e. The summed E-state index contributed by atoms with van der Waals surface area (Å²) >= 11 is 0. The average molecular weight is 466 g/mol. The molecule has 9 heteroatoms. The van der Waals surface area contributed by atoms with Gasteiger partial charge in [0.1, 0.15) is 0 Å². The third-order valence-electron chi connectivity index (χ3n) is 6.58. The number of rotatable bonds is 6. The van der Waals surface area contributed by atoms with Gasteiger partial charge in [0, 0.05) is 63.5 Å². The second-order valence-electron chi connectivity index (χ2n) is 8.98. The van der Waals surface area contributed by atoms with Gasteiger partial charge in [-0.15, -0.1) is 0 Å². The Morgan fingerprint density at radius 3 is 2.26 bits per heavy atom. The van der Waals surface area contributed by atoms with Crippen LogP contribution in [-0.2, 0) is 6.54 Å². The number of piperazine rings is 1. The molecule has 2 saturated heterocycles. The number of non-ortho nitro benzene ring substituents is 1. The first-order valence-corrected chi connectivity index (χ1v) is 11.8. The summed E-state index contributed by atoms with van der Waals surface area (Å²) < 4.78 is 0. The number of hydrogen-bond donors (Lipinski definition) is 1. The minimum absolute atomic E-state index is 0.0199. The van der Waals surface area contributed by atoms with Gasteiger partial charge < -0.3 is 20.0 Å². The van der Waals surface area contributed by atoms with Crippen LogP contribution < -0.4 is 10.2 Å². The molecule has 2 fully saturated rings. The number of amides is 2. The predicted molar refractivity (Wildman–Crippen MR) is 130 cm³/mol. The third-order valence-corrected chi connectivity index (χ3v) is 6.58. The van der Waals surface area contributed by atoms with E-state index >= 15 is 0 Å². The molecule has 2 aliphatic heterocycles. The molecule has 0 atom stereocenters. The molecule has 4 rings (SSSR count). The molecule has 2 aromatic rings. The van der Waals surface area contributed by atoms with Crippen molar-refractivity contribution in [2.24, 2.45) is 0 Å². The fraction of sp³-hybridized carbons (Fsp3) is 0.440. The van der Waals surface area contributed by atoms with Gasteiger partial charge in [0.25, 0.3) is 17.5 Å². The molecule has 0 unspecified atom stereocenters. The van der Waals surface area contributed by atoms with Crippen molar-refractivity contribution in [2.45, 2.75) is 25.8 Å². The fourth-order valence-corrected chi connectivity index (χ4v) is 4.46. The molecule has 0 spiro atoms. The lowest BCUT2D eigenvalue weighted by Gasteiger charge is -2.32. The van der Waals surface area contributed by atoms with Crippen LogP contribution in [-0.4, -0.2) is 72.9 Å². The highest BCUT2D eigenvalue weighted by Gasteiger charge is 2.22. The molecule has 180 valence electrons. The number of nitro groups is 1. The normalized spacial score (nSPS) is 16.9. The van der Waals surface area contributed by atoms with Gasteiger partial charge in [0.05, 0.1) is 16.2 Å².